The van der Waals surface area contributed by atoms with Crippen LogP contribution in [-0.2, 0) is 14.8 Å². The molecule has 2 aliphatic carbocycles. The maximum absolute atomic E-state index is 12.8. The van der Waals surface area contributed by atoms with E-state index >= 15 is 0 Å². The molecule has 0 aliphatic heterocycles. The van der Waals surface area contributed by atoms with Gasteiger partial charge in [0.15, 0.2) is 0 Å². The van der Waals surface area contributed by atoms with Crippen LogP contribution in [0.4, 0.5) is 5.69 Å². The Kier molecular flexibility index (Phi) is 5.14. The quantitative estimate of drug-likeness (QED) is 0.673. The Morgan fingerprint density at radius 3 is 2.24 bits per heavy atom. The summed E-state index contributed by atoms with van der Waals surface area (Å²) in [7, 11) is -3.86. The van der Waals surface area contributed by atoms with E-state index < -0.39 is 28.0 Å². The van der Waals surface area contributed by atoms with Crippen LogP contribution in [-0.4, -0.2) is 31.4 Å². The maximum atomic E-state index is 12.8. The van der Waals surface area contributed by atoms with Crippen LogP contribution in [0.15, 0.2) is 59.5 Å². The number of hydrogen-bond donors (Lipinski definition) is 3. The molecule has 2 bridgehead atoms. The van der Waals surface area contributed by atoms with E-state index in [9.17, 15) is 23.1 Å². The Morgan fingerprint density at radius 2 is 1.59 bits per heavy atom. The first-order valence-electron chi connectivity index (χ1n) is 9.57. The molecule has 29 heavy (non-hydrogen) atoms. The van der Waals surface area contributed by atoms with Crippen molar-refractivity contribution in [2.24, 2.45) is 17.8 Å². The summed E-state index contributed by atoms with van der Waals surface area (Å²) in [5, 5.41) is 12.2. The van der Waals surface area contributed by atoms with Gasteiger partial charge in [0.05, 0.1) is 10.8 Å². The van der Waals surface area contributed by atoms with Crippen molar-refractivity contribution in [2.45, 2.75) is 30.2 Å². The predicted molar refractivity (Wildman–Crippen MR) is 107 cm³/mol. The number of carboxylic acids is 1. The minimum absolute atomic E-state index is 0.0424. The fraction of sp³-hybridized carbons (Fsp3) is 0.333. The van der Waals surface area contributed by atoms with Crippen LogP contribution in [0, 0.1) is 17.8 Å². The number of aliphatic carboxylic acids is 1. The van der Waals surface area contributed by atoms with Crippen molar-refractivity contribution in [1.82, 2.24) is 4.72 Å². The minimum Gasteiger partial charge on any atom is -0.481 e. The number of amides is 1. The standard InChI is InChI=1S/C21H22N2O5S/c24-20(13-4-2-1-3-5-13)22-16-8-10-17(11-9-16)29(27,28)23-19-15-7-6-14(12-15)18(19)21(25)26/h1-5,8-11,14-15,18-19,23H,6-7,12H2,(H,22,24)(H,25,26). The van der Waals surface area contributed by atoms with Crippen LogP contribution in [0.25, 0.3) is 0 Å². The van der Waals surface area contributed by atoms with Gasteiger partial charge in [-0.2, -0.15) is 0 Å². The summed E-state index contributed by atoms with van der Waals surface area (Å²) in [5.41, 5.74) is 0.975. The van der Waals surface area contributed by atoms with E-state index in [0.717, 1.165) is 19.3 Å². The van der Waals surface area contributed by atoms with Crippen LogP contribution >= 0.6 is 0 Å². The van der Waals surface area contributed by atoms with Gasteiger partial charge in [-0.15, -0.1) is 0 Å². The highest BCUT2D eigenvalue weighted by atomic mass is 32.2. The molecule has 0 spiro atoms. The lowest BCUT2D eigenvalue weighted by molar-refractivity contribution is -0.144. The van der Waals surface area contributed by atoms with Gasteiger partial charge in [0.25, 0.3) is 5.91 Å². The zero-order valence-electron chi connectivity index (χ0n) is 15.6. The van der Waals surface area contributed by atoms with Gasteiger partial charge in [-0.25, -0.2) is 13.1 Å². The molecule has 0 radical (unpaired) electrons. The predicted octanol–water partition coefficient (Wildman–Crippen LogP) is 2.72. The van der Waals surface area contributed by atoms with E-state index in [0.29, 0.717) is 11.3 Å². The Bertz CT molecular complexity index is 1020. The van der Waals surface area contributed by atoms with Crippen LogP contribution in [0.3, 0.4) is 0 Å². The molecule has 8 heteroatoms. The SMILES string of the molecule is O=C(Nc1ccc(S(=O)(=O)NC2C3CCC(C3)C2C(=O)O)cc1)c1ccccc1. The number of carboxylic acid groups (broad SMARTS) is 1. The van der Waals surface area contributed by atoms with Gasteiger partial charge in [-0.1, -0.05) is 18.2 Å². The fourth-order valence-electron chi connectivity index (χ4n) is 4.57. The third kappa shape index (κ3) is 3.90. The fourth-order valence-corrected chi connectivity index (χ4v) is 5.90. The largest absolute Gasteiger partial charge is 0.481 e. The second kappa shape index (κ2) is 7.61. The van der Waals surface area contributed by atoms with Crippen LogP contribution in [0.1, 0.15) is 29.6 Å². The number of hydrogen-bond acceptors (Lipinski definition) is 4. The van der Waals surface area contributed by atoms with Crippen LogP contribution < -0.4 is 10.0 Å². The number of rotatable bonds is 6. The highest BCUT2D eigenvalue weighted by Gasteiger charge is 2.52. The Labute approximate surface area is 169 Å². The van der Waals surface area contributed by atoms with Crippen molar-refractivity contribution in [3.63, 3.8) is 0 Å². The molecule has 3 N–H and O–H groups in total. The van der Waals surface area contributed by atoms with E-state index in [1.54, 1.807) is 24.3 Å². The molecule has 152 valence electrons. The first-order valence-corrected chi connectivity index (χ1v) is 11.0. The molecule has 1 amide bonds. The smallest absolute Gasteiger partial charge is 0.308 e. The van der Waals surface area contributed by atoms with Gasteiger partial charge in [0.2, 0.25) is 10.0 Å². The van der Waals surface area contributed by atoms with Gasteiger partial charge in [0.1, 0.15) is 0 Å². The normalized spacial score (nSPS) is 25.7. The van der Waals surface area contributed by atoms with Crippen molar-refractivity contribution in [3.8, 4) is 0 Å². The summed E-state index contributed by atoms with van der Waals surface area (Å²) < 4.78 is 28.2. The van der Waals surface area contributed by atoms with Gasteiger partial charge in [-0.3, -0.25) is 9.59 Å². The summed E-state index contributed by atoms with van der Waals surface area (Å²) >= 11 is 0. The summed E-state index contributed by atoms with van der Waals surface area (Å²) in [6, 6.07) is 14.0. The molecule has 0 heterocycles. The van der Waals surface area contributed by atoms with Gasteiger partial charge >= 0.3 is 5.97 Å². The van der Waals surface area contributed by atoms with E-state index in [1.165, 1.54) is 24.3 Å². The van der Waals surface area contributed by atoms with Gasteiger partial charge < -0.3 is 10.4 Å². The summed E-state index contributed by atoms with van der Waals surface area (Å²) in [4.78, 5) is 23.9. The van der Waals surface area contributed by atoms with Crippen LogP contribution in [0.5, 0.6) is 0 Å². The van der Waals surface area contributed by atoms with Crippen molar-refractivity contribution < 1.29 is 23.1 Å². The molecule has 4 unspecified atom stereocenters. The molecule has 2 aliphatic rings. The number of nitrogens with one attached hydrogen (secondary N) is 2. The average molecular weight is 414 g/mol. The topological polar surface area (TPSA) is 113 Å². The summed E-state index contributed by atoms with van der Waals surface area (Å²) in [6.07, 6.45) is 2.45. The number of fused-ring (bicyclic) bond motifs is 2. The van der Waals surface area contributed by atoms with Crippen LogP contribution in [0.2, 0.25) is 0 Å². The summed E-state index contributed by atoms with van der Waals surface area (Å²) in [5.74, 6) is -1.79. The van der Waals surface area contributed by atoms with Crippen molar-refractivity contribution in [1.29, 1.82) is 0 Å². The lowest BCUT2D eigenvalue weighted by atomic mass is 9.85. The zero-order chi connectivity index (χ0) is 20.6. The minimum atomic E-state index is -3.86. The van der Waals surface area contributed by atoms with Gasteiger partial charge in [0, 0.05) is 17.3 Å². The van der Waals surface area contributed by atoms with E-state index in [1.807, 2.05) is 6.07 Å². The zero-order valence-corrected chi connectivity index (χ0v) is 16.4. The Balaban J connectivity index is 1.47. The first kappa shape index (κ1) is 19.6. The van der Waals surface area contributed by atoms with Gasteiger partial charge in [-0.05, 0) is 67.5 Å². The molecule has 2 aromatic carbocycles. The molecule has 0 saturated heterocycles. The molecule has 2 fully saturated rings. The lowest BCUT2D eigenvalue weighted by Gasteiger charge is -2.28. The molecule has 7 nitrogen and oxygen atoms in total. The number of carbonyl (C=O) groups excluding carboxylic acids is 1. The first-order chi connectivity index (χ1) is 13.8. The Morgan fingerprint density at radius 1 is 0.931 bits per heavy atom. The third-order valence-electron chi connectivity index (χ3n) is 5.95. The average Bonchev–Trinajstić information content (AvgIpc) is 3.30. The highest BCUT2D eigenvalue weighted by Crippen LogP contribution is 2.49. The van der Waals surface area contributed by atoms with E-state index in [2.05, 4.69) is 10.0 Å². The number of carbonyl (C=O) groups is 2. The molecule has 0 aromatic heterocycles. The number of benzene rings is 2. The second-order valence-corrected chi connectivity index (χ2v) is 9.40. The van der Waals surface area contributed by atoms with E-state index in [-0.39, 0.29) is 22.6 Å². The van der Waals surface area contributed by atoms with Crippen molar-refractivity contribution in [2.75, 3.05) is 5.32 Å². The van der Waals surface area contributed by atoms with E-state index in [4.69, 9.17) is 0 Å². The highest BCUT2D eigenvalue weighted by molar-refractivity contribution is 7.89. The third-order valence-corrected chi connectivity index (χ3v) is 7.43. The molecular weight excluding hydrogens is 392 g/mol. The van der Waals surface area contributed by atoms with Crippen molar-refractivity contribution in [3.05, 3.63) is 60.2 Å². The second-order valence-electron chi connectivity index (χ2n) is 7.69. The molecule has 2 aromatic rings. The monoisotopic (exact) mass is 414 g/mol. The lowest BCUT2D eigenvalue weighted by Crippen LogP contribution is -2.46. The molecule has 4 atom stereocenters. The summed E-state index contributed by atoms with van der Waals surface area (Å²) in [6.45, 7) is 0. The van der Waals surface area contributed by atoms with Crippen molar-refractivity contribution >= 4 is 27.6 Å². The maximum Gasteiger partial charge on any atom is 0.308 e. The number of sulfonamides is 1. The molecule has 4 rings (SSSR count). The molecule has 2 saturated carbocycles. The Hall–Kier alpha value is -2.71. The molecular formula is C21H22N2O5S. The number of anilines is 1.